The smallest absolute Gasteiger partial charge is 0.203 e. The Hall–Kier alpha value is -2.38. The Labute approximate surface area is 141 Å². The van der Waals surface area contributed by atoms with Crippen LogP contribution in [0.1, 0.15) is 17.0 Å². The molecule has 23 heavy (non-hydrogen) atoms. The lowest BCUT2D eigenvalue weighted by molar-refractivity contribution is 0.323. The van der Waals surface area contributed by atoms with E-state index in [1.807, 2.05) is 24.3 Å². The molecular weight excluding hydrogens is 314 g/mol. The van der Waals surface area contributed by atoms with Crippen LogP contribution in [0.4, 0.5) is 0 Å². The molecule has 0 amide bonds. The lowest BCUT2D eigenvalue weighted by atomic mass is 9.93. The largest absolute Gasteiger partial charge is 0.493 e. The van der Waals surface area contributed by atoms with E-state index in [0.717, 1.165) is 11.1 Å². The highest BCUT2D eigenvalue weighted by molar-refractivity contribution is 6.30. The van der Waals surface area contributed by atoms with Crippen LogP contribution in [-0.2, 0) is 6.42 Å². The maximum absolute atomic E-state index is 9.49. The first kappa shape index (κ1) is 17.0. The van der Waals surface area contributed by atoms with Crippen molar-refractivity contribution in [2.75, 3.05) is 21.3 Å². The third-order valence-electron chi connectivity index (χ3n) is 3.59. The van der Waals surface area contributed by atoms with E-state index in [1.54, 1.807) is 33.5 Å². The van der Waals surface area contributed by atoms with E-state index in [2.05, 4.69) is 6.07 Å². The van der Waals surface area contributed by atoms with Gasteiger partial charge in [0.25, 0.3) is 0 Å². The summed E-state index contributed by atoms with van der Waals surface area (Å²) >= 11 is 5.90. The molecule has 0 fully saturated rings. The summed E-state index contributed by atoms with van der Waals surface area (Å²) in [6.07, 6.45) is 0.537. The molecule has 0 saturated heterocycles. The summed E-state index contributed by atoms with van der Waals surface area (Å²) in [5.41, 5.74) is 1.85. The Morgan fingerprint density at radius 3 is 2.00 bits per heavy atom. The molecule has 2 aromatic rings. The number of halogens is 1. The molecule has 0 aliphatic heterocycles. The minimum atomic E-state index is -0.282. The third-order valence-corrected chi connectivity index (χ3v) is 3.84. The lowest BCUT2D eigenvalue weighted by Crippen LogP contribution is -2.02. The summed E-state index contributed by atoms with van der Waals surface area (Å²) < 4.78 is 16.0. The van der Waals surface area contributed by atoms with Gasteiger partial charge in [-0.15, -0.1) is 0 Å². The molecule has 0 N–H and O–H groups in total. The standard InChI is InChI=1S/C18H18ClNO3/c1-21-16-9-12(10-17(22-2)18(16)23-3)8-14(11-20)13-4-6-15(19)7-5-13/h4-7,9-10,14H,8H2,1-3H3. The maximum atomic E-state index is 9.49. The Morgan fingerprint density at radius 2 is 1.57 bits per heavy atom. The zero-order chi connectivity index (χ0) is 16.8. The fourth-order valence-electron chi connectivity index (χ4n) is 2.42. The highest BCUT2D eigenvalue weighted by Gasteiger charge is 2.17. The van der Waals surface area contributed by atoms with E-state index in [-0.39, 0.29) is 5.92 Å². The molecule has 4 nitrogen and oxygen atoms in total. The fourth-order valence-corrected chi connectivity index (χ4v) is 2.55. The first-order valence-corrected chi connectivity index (χ1v) is 7.44. The van der Waals surface area contributed by atoms with Crippen LogP contribution in [0.15, 0.2) is 36.4 Å². The highest BCUT2D eigenvalue weighted by atomic mass is 35.5. The van der Waals surface area contributed by atoms with Crippen LogP contribution >= 0.6 is 11.6 Å². The van der Waals surface area contributed by atoms with Gasteiger partial charge >= 0.3 is 0 Å². The van der Waals surface area contributed by atoms with Crippen LogP contribution in [0, 0.1) is 11.3 Å². The van der Waals surface area contributed by atoms with Crippen LogP contribution in [0.2, 0.25) is 5.02 Å². The fraction of sp³-hybridized carbons (Fsp3) is 0.278. The zero-order valence-corrected chi connectivity index (χ0v) is 14.1. The molecule has 0 spiro atoms. The Kier molecular flexibility index (Phi) is 5.72. The third kappa shape index (κ3) is 3.88. The topological polar surface area (TPSA) is 51.5 Å². The van der Waals surface area contributed by atoms with Crippen LogP contribution in [-0.4, -0.2) is 21.3 Å². The molecule has 0 aliphatic rings. The first-order chi connectivity index (χ1) is 11.1. The molecule has 2 rings (SSSR count). The number of hydrogen-bond acceptors (Lipinski definition) is 4. The summed E-state index contributed by atoms with van der Waals surface area (Å²) in [5, 5.41) is 10.1. The van der Waals surface area contributed by atoms with E-state index in [1.165, 1.54) is 0 Å². The normalized spacial score (nSPS) is 11.4. The minimum absolute atomic E-state index is 0.282. The Bertz CT molecular complexity index is 682. The number of nitriles is 1. The van der Waals surface area contributed by atoms with Gasteiger partial charge in [-0.3, -0.25) is 0 Å². The monoisotopic (exact) mass is 331 g/mol. The molecule has 1 atom stereocenters. The molecular formula is C18H18ClNO3. The van der Waals surface area contributed by atoms with Crippen molar-refractivity contribution in [3.63, 3.8) is 0 Å². The molecule has 5 heteroatoms. The molecule has 0 saturated carbocycles. The molecule has 2 aromatic carbocycles. The summed E-state index contributed by atoms with van der Waals surface area (Å²) in [6, 6.07) is 13.4. The molecule has 0 aliphatic carbocycles. The molecule has 120 valence electrons. The number of ether oxygens (including phenoxy) is 3. The van der Waals surface area contributed by atoms with Gasteiger partial charge in [0.1, 0.15) is 0 Å². The van der Waals surface area contributed by atoms with E-state index in [4.69, 9.17) is 25.8 Å². The van der Waals surface area contributed by atoms with Gasteiger partial charge in [-0.2, -0.15) is 5.26 Å². The SMILES string of the molecule is COc1cc(CC(C#N)c2ccc(Cl)cc2)cc(OC)c1OC. The van der Waals surface area contributed by atoms with Gasteiger partial charge in [-0.25, -0.2) is 0 Å². The summed E-state index contributed by atoms with van der Waals surface area (Å²) in [7, 11) is 4.70. The number of hydrogen-bond donors (Lipinski definition) is 0. The average molecular weight is 332 g/mol. The van der Waals surface area contributed by atoms with Crippen LogP contribution in [0.25, 0.3) is 0 Å². The van der Waals surface area contributed by atoms with Gasteiger partial charge in [-0.1, -0.05) is 23.7 Å². The van der Waals surface area contributed by atoms with Gasteiger partial charge in [0, 0.05) is 5.02 Å². The first-order valence-electron chi connectivity index (χ1n) is 7.06. The van der Waals surface area contributed by atoms with E-state index >= 15 is 0 Å². The quantitative estimate of drug-likeness (QED) is 0.795. The molecule has 0 bridgehead atoms. The average Bonchev–Trinajstić information content (AvgIpc) is 2.59. The molecule has 0 aromatic heterocycles. The number of rotatable bonds is 6. The predicted molar refractivity (Wildman–Crippen MR) is 89.6 cm³/mol. The van der Waals surface area contributed by atoms with Crippen molar-refractivity contribution in [3.8, 4) is 23.3 Å². The van der Waals surface area contributed by atoms with Crippen LogP contribution in [0.5, 0.6) is 17.2 Å². The lowest BCUT2D eigenvalue weighted by Gasteiger charge is -2.15. The predicted octanol–water partition coefficient (Wildman–Crippen LogP) is 4.22. The van der Waals surface area contributed by atoms with Gasteiger partial charge < -0.3 is 14.2 Å². The van der Waals surface area contributed by atoms with Crippen molar-refractivity contribution in [2.45, 2.75) is 12.3 Å². The number of methoxy groups -OCH3 is 3. The van der Waals surface area contributed by atoms with Gasteiger partial charge in [0.05, 0.1) is 33.3 Å². The van der Waals surface area contributed by atoms with E-state index in [9.17, 15) is 5.26 Å². The second-order valence-corrected chi connectivity index (χ2v) is 5.41. The van der Waals surface area contributed by atoms with E-state index < -0.39 is 0 Å². The van der Waals surface area contributed by atoms with Gasteiger partial charge in [-0.05, 0) is 41.8 Å². The highest BCUT2D eigenvalue weighted by Crippen LogP contribution is 2.39. The van der Waals surface area contributed by atoms with Gasteiger partial charge in [0.15, 0.2) is 11.5 Å². The second-order valence-electron chi connectivity index (χ2n) is 4.97. The summed E-state index contributed by atoms with van der Waals surface area (Å²) in [4.78, 5) is 0. The van der Waals surface area contributed by atoms with Crippen molar-refractivity contribution < 1.29 is 14.2 Å². The van der Waals surface area contributed by atoms with Crippen LogP contribution < -0.4 is 14.2 Å². The van der Waals surface area contributed by atoms with Crippen molar-refractivity contribution in [3.05, 3.63) is 52.5 Å². The van der Waals surface area contributed by atoms with Crippen LogP contribution in [0.3, 0.4) is 0 Å². The molecule has 0 radical (unpaired) electrons. The number of nitrogens with zero attached hydrogens (tertiary/aromatic N) is 1. The van der Waals surface area contributed by atoms with E-state index in [0.29, 0.717) is 28.7 Å². The van der Waals surface area contributed by atoms with Crippen molar-refractivity contribution >= 4 is 11.6 Å². The molecule has 0 heterocycles. The van der Waals surface area contributed by atoms with Crippen molar-refractivity contribution in [2.24, 2.45) is 0 Å². The maximum Gasteiger partial charge on any atom is 0.203 e. The molecule has 1 unspecified atom stereocenters. The van der Waals surface area contributed by atoms with Crippen molar-refractivity contribution in [1.29, 1.82) is 5.26 Å². The second kappa shape index (κ2) is 7.75. The summed E-state index contributed by atoms with van der Waals surface area (Å²) in [6.45, 7) is 0. The minimum Gasteiger partial charge on any atom is -0.493 e. The zero-order valence-electron chi connectivity index (χ0n) is 13.3. The Balaban J connectivity index is 2.34. The number of benzene rings is 2. The summed E-state index contributed by atoms with van der Waals surface area (Å²) in [5.74, 6) is 1.41. The Morgan fingerprint density at radius 1 is 1.00 bits per heavy atom. The van der Waals surface area contributed by atoms with Gasteiger partial charge in [0.2, 0.25) is 5.75 Å². The van der Waals surface area contributed by atoms with Crippen molar-refractivity contribution in [1.82, 2.24) is 0 Å².